The lowest BCUT2D eigenvalue weighted by Gasteiger charge is -2.20. The van der Waals surface area contributed by atoms with E-state index in [1.165, 1.54) is 38.5 Å². The quantitative estimate of drug-likeness (QED) is 0.0183. The molecule has 3 atom stereocenters. The molecule has 0 saturated heterocycles. The van der Waals surface area contributed by atoms with E-state index in [4.69, 9.17) is 19.1 Å². The minimum atomic E-state index is -4.63. The molecule has 0 amide bonds. The van der Waals surface area contributed by atoms with Gasteiger partial charge >= 0.3 is 19.8 Å². The molecule has 53 heavy (non-hydrogen) atoms. The molecule has 0 bridgehead atoms. The second kappa shape index (κ2) is 38.0. The van der Waals surface area contributed by atoms with Crippen LogP contribution < -0.4 is 0 Å². The Kier molecular flexibility index (Phi) is 36.3. The third kappa shape index (κ3) is 37.8. The van der Waals surface area contributed by atoms with Crippen molar-refractivity contribution in [2.75, 3.05) is 26.4 Å². The smallest absolute Gasteiger partial charge is 0.462 e. The van der Waals surface area contributed by atoms with Crippen LogP contribution >= 0.6 is 7.82 Å². The molecule has 0 aromatic carbocycles. The van der Waals surface area contributed by atoms with Crippen LogP contribution in [0.25, 0.3) is 0 Å². The van der Waals surface area contributed by atoms with E-state index >= 15 is 0 Å². The number of allylic oxidation sites excluding steroid dienone is 10. The van der Waals surface area contributed by atoms with E-state index in [1.807, 2.05) is 36.5 Å². The predicted octanol–water partition coefficient (Wildman–Crippen LogP) is 10.3. The number of aliphatic hydroxyl groups excluding tert-OH is 2. The Bertz CT molecular complexity index is 1070. The van der Waals surface area contributed by atoms with E-state index in [0.29, 0.717) is 12.8 Å². The Hall–Kier alpha value is -2.33. The Morgan fingerprint density at radius 3 is 1.62 bits per heavy atom. The number of esters is 2. The summed E-state index contributed by atoms with van der Waals surface area (Å²) in [6, 6.07) is 0. The van der Waals surface area contributed by atoms with Crippen LogP contribution in [-0.4, -0.2) is 65.7 Å². The lowest BCUT2D eigenvalue weighted by molar-refractivity contribution is -0.161. The van der Waals surface area contributed by atoms with Crippen LogP contribution in [0, 0.1) is 0 Å². The van der Waals surface area contributed by atoms with Gasteiger partial charge in [0.15, 0.2) is 6.10 Å². The van der Waals surface area contributed by atoms with Crippen molar-refractivity contribution in [2.24, 2.45) is 0 Å². The average Bonchev–Trinajstić information content (AvgIpc) is 3.14. The molecule has 0 aromatic heterocycles. The Balaban J connectivity index is 4.40. The summed E-state index contributed by atoms with van der Waals surface area (Å²) in [5.41, 5.74) is 0. The molecule has 0 heterocycles. The maximum Gasteiger partial charge on any atom is 0.472 e. The zero-order valence-corrected chi connectivity index (χ0v) is 33.9. The predicted molar refractivity (Wildman–Crippen MR) is 214 cm³/mol. The number of rotatable bonds is 37. The van der Waals surface area contributed by atoms with Gasteiger partial charge in [0.25, 0.3) is 0 Å². The number of phosphoric ester groups is 1. The maximum atomic E-state index is 12.6. The van der Waals surface area contributed by atoms with Gasteiger partial charge in [-0.3, -0.25) is 18.6 Å². The first kappa shape index (κ1) is 50.7. The van der Waals surface area contributed by atoms with Crippen LogP contribution in [-0.2, 0) is 32.7 Å². The summed E-state index contributed by atoms with van der Waals surface area (Å²) in [4.78, 5) is 34.9. The van der Waals surface area contributed by atoms with E-state index in [0.717, 1.165) is 77.0 Å². The molecule has 0 rings (SSSR count). The Morgan fingerprint density at radius 2 is 1.06 bits per heavy atom. The topological polar surface area (TPSA) is 149 Å². The van der Waals surface area contributed by atoms with Gasteiger partial charge in [-0.1, -0.05) is 145 Å². The molecule has 0 radical (unpaired) electrons. The van der Waals surface area contributed by atoms with Gasteiger partial charge in [0.05, 0.1) is 19.8 Å². The van der Waals surface area contributed by atoms with E-state index in [9.17, 15) is 24.2 Å². The summed E-state index contributed by atoms with van der Waals surface area (Å²) in [6.07, 6.45) is 40.4. The summed E-state index contributed by atoms with van der Waals surface area (Å²) in [5.74, 6) is -0.967. The summed E-state index contributed by atoms with van der Waals surface area (Å²) < 4.78 is 32.6. The third-order valence-corrected chi connectivity index (χ3v) is 9.20. The minimum Gasteiger partial charge on any atom is -0.462 e. The first-order valence-electron chi connectivity index (χ1n) is 20.3. The van der Waals surface area contributed by atoms with Crippen LogP contribution in [0.15, 0.2) is 60.8 Å². The van der Waals surface area contributed by atoms with E-state index in [-0.39, 0.29) is 19.4 Å². The van der Waals surface area contributed by atoms with E-state index in [2.05, 4.69) is 42.7 Å². The standard InChI is InChI=1S/C42H73O10P/c1-3-5-7-9-11-13-15-17-19-21-23-25-27-29-31-33-41(45)49-37-40(38-51-53(47,48)50-36-39(44)35-43)52-42(46)34-32-30-28-26-24-22-20-18-16-14-12-10-8-6-4-2/h6,8,10,12,14,16-20,39-40,43-44H,3-5,7,9,11,13,15,21-38H2,1-2H3,(H,47,48)/b8-6+,12-10+,16-14+,19-17+,20-18+/t39-,40+/m0/s1. The second-order valence-electron chi connectivity index (χ2n) is 13.4. The van der Waals surface area contributed by atoms with Gasteiger partial charge in [-0.05, 0) is 57.8 Å². The van der Waals surface area contributed by atoms with Gasteiger partial charge in [0, 0.05) is 12.8 Å². The highest BCUT2D eigenvalue weighted by Gasteiger charge is 2.27. The molecule has 10 nitrogen and oxygen atoms in total. The van der Waals surface area contributed by atoms with Gasteiger partial charge in [0.2, 0.25) is 0 Å². The lowest BCUT2D eigenvalue weighted by Crippen LogP contribution is -2.29. The molecule has 0 aliphatic rings. The second-order valence-corrected chi connectivity index (χ2v) is 14.8. The van der Waals surface area contributed by atoms with Crippen LogP contribution in [0.5, 0.6) is 0 Å². The average molecular weight is 769 g/mol. The fraction of sp³-hybridized carbons (Fsp3) is 0.714. The molecule has 0 aliphatic carbocycles. The molecule has 306 valence electrons. The highest BCUT2D eigenvalue weighted by molar-refractivity contribution is 7.47. The van der Waals surface area contributed by atoms with Crippen molar-refractivity contribution in [3.05, 3.63) is 60.8 Å². The van der Waals surface area contributed by atoms with Crippen molar-refractivity contribution in [1.29, 1.82) is 0 Å². The van der Waals surface area contributed by atoms with Gasteiger partial charge in [-0.2, -0.15) is 0 Å². The highest BCUT2D eigenvalue weighted by atomic mass is 31.2. The zero-order chi connectivity index (χ0) is 39.1. The molecule has 0 spiro atoms. The number of hydrogen-bond acceptors (Lipinski definition) is 9. The molecule has 0 fully saturated rings. The maximum absolute atomic E-state index is 12.6. The monoisotopic (exact) mass is 768 g/mol. The SMILES string of the molecule is CC/C=C/C=C/C=C/C=C/CCCCCCCC(=O)O[C@H](COC(=O)CCCCCCC/C=C/CCCCCCCC)COP(=O)(O)OC[C@@H](O)CO. The van der Waals surface area contributed by atoms with Gasteiger partial charge in [-0.15, -0.1) is 0 Å². The van der Waals surface area contributed by atoms with Crippen molar-refractivity contribution in [3.8, 4) is 0 Å². The molecular weight excluding hydrogens is 695 g/mol. The number of carbonyl (C=O) groups is 2. The lowest BCUT2D eigenvalue weighted by atomic mass is 10.1. The summed E-state index contributed by atoms with van der Waals surface area (Å²) >= 11 is 0. The van der Waals surface area contributed by atoms with Gasteiger partial charge in [0.1, 0.15) is 12.7 Å². The number of phosphoric acid groups is 1. The first-order valence-corrected chi connectivity index (χ1v) is 21.8. The first-order chi connectivity index (χ1) is 25.7. The zero-order valence-electron chi connectivity index (χ0n) is 33.0. The Morgan fingerprint density at radius 1 is 0.585 bits per heavy atom. The molecule has 3 N–H and O–H groups in total. The number of aliphatic hydroxyl groups is 2. The number of ether oxygens (including phenoxy) is 2. The minimum absolute atomic E-state index is 0.154. The van der Waals surface area contributed by atoms with Gasteiger partial charge < -0.3 is 24.6 Å². The number of hydrogen-bond donors (Lipinski definition) is 3. The summed E-state index contributed by atoms with van der Waals surface area (Å²) in [6.45, 7) is 2.18. The van der Waals surface area contributed by atoms with Crippen molar-refractivity contribution in [2.45, 2.75) is 167 Å². The Labute approximate surface area is 321 Å². The third-order valence-electron chi connectivity index (χ3n) is 8.25. The molecular formula is C42H73O10P. The van der Waals surface area contributed by atoms with Gasteiger partial charge in [-0.25, -0.2) is 4.57 Å². The van der Waals surface area contributed by atoms with Crippen molar-refractivity contribution in [3.63, 3.8) is 0 Å². The molecule has 0 saturated carbocycles. The summed E-state index contributed by atoms with van der Waals surface area (Å²) in [7, 11) is -4.63. The number of unbranched alkanes of at least 4 members (excludes halogenated alkanes) is 16. The van der Waals surface area contributed by atoms with Crippen LogP contribution in [0.2, 0.25) is 0 Å². The molecule has 11 heteroatoms. The van der Waals surface area contributed by atoms with Crippen LogP contribution in [0.4, 0.5) is 0 Å². The molecule has 1 unspecified atom stereocenters. The van der Waals surface area contributed by atoms with Crippen LogP contribution in [0.3, 0.4) is 0 Å². The van der Waals surface area contributed by atoms with Crippen molar-refractivity contribution < 1.29 is 47.8 Å². The molecule has 0 aliphatic heterocycles. The highest BCUT2D eigenvalue weighted by Crippen LogP contribution is 2.43. The van der Waals surface area contributed by atoms with Crippen molar-refractivity contribution >= 4 is 19.8 Å². The van der Waals surface area contributed by atoms with E-state index < -0.39 is 51.8 Å². The van der Waals surface area contributed by atoms with Crippen LogP contribution in [0.1, 0.15) is 155 Å². The van der Waals surface area contributed by atoms with Crippen molar-refractivity contribution in [1.82, 2.24) is 0 Å². The molecule has 0 aromatic rings. The fourth-order valence-corrected chi connectivity index (χ4v) is 5.90. The normalized spacial score (nSPS) is 14.6. The fourth-order valence-electron chi connectivity index (χ4n) is 5.11. The summed E-state index contributed by atoms with van der Waals surface area (Å²) in [5, 5.41) is 18.3. The largest absolute Gasteiger partial charge is 0.472 e. The number of carbonyl (C=O) groups excluding carboxylic acids is 2. The van der Waals surface area contributed by atoms with E-state index in [1.54, 1.807) is 0 Å².